The zero-order valence-corrected chi connectivity index (χ0v) is 9.81. The zero-order valence-electron chi connectivity index (χ0n) is 8.22. The number of rotatable bonds is 2. The Bertz CT molecular complexity index is 467. The molecule has 0 unspecified atom stereocenters. The van der Waals surface area contributed by atoms with Gasteiger partial charge in [-0.1, -0.05) is 30.3 Å². The molecule has 0 fully saturated rings. The monoisotopic (exact) mass is 267 g/mol. The molecule has 15 heavy (non-hydrogen) atoms. The van der Waals surface area contributed by atoms with Gasteiger partial charge in [0, 0.05) is 28.0 Å². The van der Waals surface area contributed by atoms with Gasteiger partial charge in [-0.05, 0) is 10.4 Å². The first kappa shape index (κ1) is 10.2. The van der Waals surface area contributed by atoms with Crippen LogP contribution < -0.4 is 4.85 Å². The molecule has 0 saturated carbocycles. The van der Waals surface area contributed by atoms with Crippen LogP contribution in [0, 0.1) is 12.1 Å². The number of hydrogen-bond acceptors (Lipinski definition) is 2. The number of aryl methyl sites for hydroxylation is 1. The Morgan fingerprint density at radius 3 is 2.60 bits per heavy atom. The second-order valence-electron chi connectivity index (χ2n) is 3.27. The molecule has 1 heterocycles. The van der Waals surface area contributed by atoms with Gasteiger partial charge >= 0.3 is 0 Å². The lowest BCUT2D eigenvalue weighted by Crippen LogP contribution is -2.39. The van der Waals surface area contributed by atoms with Crippen molar-refractivity contribution in [1.29, 1.82) is 0 Å². The summed E-state index contributed by atoms with van der Waals surface area (Å²) in [4.78, 5) is 2.14. The fourth-order valence-corrected chi connectivity index (χ4v) is 1.60. The second kappa shape index (κ2) is 4.02. The van der Waals surface area contributed by atoms with Crippen LogP contribution in [0.4, 0.5) is 0 Å². The Morgan fingerprint density at radius 1 is 1.40 bits per heavy atom. The molecule has 0 aliphatic carbocycles. The summed E-state index contributed by atoms with van der Waals surface area (Å²) in [5, 5.41) is 15.7. The van der Waals surface area contributed by atoms with Gasteiger partial charge in [-0.25, -0.2) is 0 Å². The standard InChI is InChI=1S/C10H10BrN3O/c1-8-10(11)14(15)13(12-8)7-9-5-3-2-4-6-9/h2-6H,7H2,1H3. The van der Waals surface area contributed by atoms with Crippen molar-refractivity contribution in [2.24, 2.45) is 0 Å². The van der Waals surface area contributed by atoms with E-state index < -0.39 is 0 Å². The maximum absolute atomic E-state index is 11.6. The van der Waals surface area contributed by atoms with Gasteiger partial charge in [0.15, 0.2) is 0 Å². The summed E-state index contributed by atoms with van der Waals surface area (Å²) >= 11 is 3.18. The predicted octanol–water partition coefficient (Wildman–Crippen LogP) is 1.64. The fraction of sp³-hybridized carbons (Fsp3) is 0.200. The number of halogens is 1. The highest BCUT2D eigenvalue weighted by Crippen LogP contribution is 2.08. The highest BCUT2D eigenvalue weighted by Gasteiger charge is 2.15. The first-order valence-corrected chi connectivity index (χ1v) is 5.34. The normalized spacial score (nSPS) is 10.5. The minimum absolute atomic E-state index is 0.471. The van der Waals surface area contributed by atoms with Crippen LogP contribution in [0.1, 0.15) is 11.3 Å². The molecule has 1 aromatic carbocycles. The molecule has 0 saturated heterocycles. The molecule has 0 amide bonds. The summed E-state index contributed by atoms with van der Waals surface area (Å²) in [7, 11) is 0. The van der Waals surface area contributed by atoms with Crippen molar-refractivity contribution < 1.29 is 4.85 Å². The van der Waals surface area contributed by atoms with Gasteiger partial charge in [-0.15, -0.1) is 4.85 Å². The minimum Gasteiger partial charge on any atom is -0.692 e. The average molecular weight is 268 g/mol. The molecule has 1 aromatic heterocycles. The van der Waals surface area contributed by atoms with E-state index in [0.717, 1.165) is 10.4 Å². The van der Waals surface area contributed by atoms with E-state index in [0.29, 0.717) is 16.8 Å². The summed E-state index contributed by atoms with van der Waals surface area (Å²) in [5.41, 5.74) is 1.75. The summed E-state index contributed by atoms with van der Waals surface area (Å²) < 4.78 is 0.471. The van der Waals surface area contributed by atoms with E-state index >= 15 is 0 Å². The number of benzene rings is 1. The van der Waals surface area contributed by atoms with E-state index in [2.05, 4.69) is 21.0 Å². The summed E-state index contributed by atoms with van der Waals surface area (Å²) in [5.74, 6) is 0. The molecule has 2 rings (SSSR count). The Labute approximate surface area is 95.8 Å². The lowest BCUT2D eigenvalue weighted by atomic mass is 10.2. The lowest BCUT2D eigenvalue weighted by molar-refractivity contribution is -0.708. The van der Waals surface area contributed by atoms with Crippen LogP contribution in [-0.4, -0.2) is 9.90 Å². The smallest absolute Gasteiger partial charge is 0.242 e. The minimum atomic E-state index is 0.471. The molecule has 0 atom stereocenters. The number of nitrogens with zero attached hydrogens (tertiary/aromatic N) is 3. The van der Waals surface area contributed by atoms with E-state index in [-0.39, 0.29) is 0 Å². The zero-order chi connectivity index (χ0) is 10.8. The SMILES string of the molecule is Cc1nn(Cc2ccccc2)[n+]([O-])c1Br. The van der Waals surface area contributed by atoms with Crippen molar-refractivity contribution in [2.45, 2.75) is 13.5 Å². The Kier molecular flexibility index (Phi) is 2.73. The van der Waals surface area contributed by atoms with Gasteiger partial charge < -0.3 is 5.21 Å². The van der Waals surface area contributed by atoms with Crippen LogP contribution in [0.3, 0.4) is 0 Å². The van der Waals surface area contributed by atoms with Gasteiger partial charge in [0.05, 0.1) is 0 Å². The molecule has 78 valence electrons. The van der Waals surface area contributed by atoms with E-state index in [1.807, 2.05) is 30.3 Å². The highest BCUT2D eigenvalue weighted by atomic mass is 79.9. The Morgan fingerprint density at radius 2 is 2.07 bits per heavy atom. The maximum atomic E-state index is 11.6. The average Bonchev–Trinajstić information content (AvgIpc) is 2.48. The number of aromatic nitrogens is 3. The van der Waals surface area contributed by atoms with Crippen molar-refractivity contribution in [2.75, 3.05) is 0 Å². The van der Waals surface area contributed by atoms with Gasteiger partial charge in [0.25, 0.3) is 0 Å². The molecular weight excluding hydrogens is 258 g/mol. The van der Waals surface area contributed by atoms with E-state index in [9.17, 15) is 5.21 Å². The fourth-order valence-electron chi connectivity index (χ4n) is 1.34. The van der Waals surface area contributed by atoms with E-state index in [4.69, 9.17) is 0 Å². The van der Waals surface area contributed by atoms with Crippen molar-refractivity contribution in [3.05, 3.63) is 51.4 Å². The molecule has 0 aliphatic rings. The van der Waals surface area contributed by atoms with Crippen LogP contribution in [0.5, 0.6) is 0 Å². The van der Waals surface area contributed by atoms with E-state index in [1.165, 1.54) is 4.80 Å². The van der Waals surface area contributed by atoms with Gasteiger partial charge in [-0.2, -0.15) is 0 Å². The molecule has 5 heteroatoms. The molecule has 2 aromatic rings. The van der Waals surface area contributed by atoms with Gasteiger partial charge in [-0.3, -0.25) is 0 Å². The van der Waals surface area contributed by atoms with Crippen LogP contribution in [0.25, 0.3) is 0 Å². The van der Waals surface area contributed by atoms with Gasteiger partial charge in [0.1, 0.15) is 6.54 Å². The Balaban J connectivity index is 2.29. The number of hydrogen-bond donors (Lipinski definition) is 0. The largest absolute Gasteiger partial charge is 0.692 e. The molecule has 0 spiro atoms. The molecular formula is C10H10BrN3O. The predicted molar refractivity (Wildman–Crippen MR) is 59.2 cm³/mol. The van der Waals surface area contributed by atoms with Crippen LogP contribution >= 0.6 is 15.9 Å². The van der Waals surface area contributed by atoms with Crippen molar-refractivity contribution in [3.63, 3.8) is 0 Å². The summed E-state index contributed by atoms with van der Waals surface area (Å²) in [6, 6.07) is 9.75. The first-order chi connectivity index (χ1) is 7.18. The van der Waals surface area contributed by atoms with Crippen molar-refractivity contribution >= 4 is 15.9 Å². The Hall–Kier alpha value is -1.36. The topological polar surface area (TPSA) is 44.8 Å². The second-order valence-corrected chi connectivity index (χ2v) is 4.02. The molecule has 0 bridgehead atoms. The summed E-state index contributed by atoms with van der Waals surface area (Å²) in [6.07, 6.45) is 0. The molecule has 0 radical (unpaired) electrons. The van der Waals surface area contributed by atoms with Crippen LogP contribution in [0.15, 0.2) is 34.9 Å². The van der Waals surface area contributed by atoms with Crippen molar-refractivity contribution in [1.82, 2.24) is 9.90 Å². The quantitative estimate of drug-likeness (QED) is 0.614. The third-order valence-corrected chi connectivity index (χ3v) is 2.99. The summed E-state index contributed by atoms with van der Waals surface area (Å²) in [6.45, 7) is 2.27. The molecule has 0 aliphatic heterocycles. The van der Waals surface area contributed by atoms with Crippen molar-refractivity contribution in [3.8, 4) is 0 Å². The van der Waals surface area contributed by atoms with Gasteiger partial charge in [0.2, 0.25) is 10.3 Å². The maximum Gasteiger partial charge on any atom is 0.242 e. The first-order valence-electron chi connectivity index (χ1n) is 4.55. The third kappa shape index (κ3) is 2.02. The van der Waals surface area contributed by atoms with Crippen LogP contribution in [-0.2, 0) is 6.54 Å². The lowest BCUT2D eigenvalue weighted by Gasteiger charge is -2.03. The molecule has 4 nitrogen and oxygen atoms in total. The molecule has 0 N–H and O–H groups in total. The van der Waals surface area contributed by atoms with E-state index in [1.54, 1.807) is 6.92 Å². The highest BCUT2D eigenvalue weighted by molar-refractivity contribution is 9.10. The third-order valence-electron chi connectivity index (χ3n) is 2.11. The van der Waals surface area contributed by atoms with Crippen LogP contribution in [0.2, 0.25) is 0 Å².